The van der Waals surface area contributed by atoms with Crippen molar-refractivity contribution in [1.82, 2.24) is 4.90 Å². The fourth-order valence-electron chi connectivity index (χ4n) is 3.96. The molecule has 0 saturated carbocycles. The van der Waals surface area contributed by atoms with Crippen LogP contribution >= 0.6 is 22.6 Å². The van der Waals surface area contributed by atoms with Crippen LogP contribution in [0.25, 0.3) is 0 Å². The van der Waals surface area contributed by atoms with Crippen LogP contribution in [0.1, 0.15) is 51.2 Å². The van der Waals surface area contributed by atoms with E-state index in [9.17, 15) is 4.79 Å². The molecule has 30 heavy (non-hydrogen) atoms. The van der Waals surface area contributed by atoms with Crippen LogP contribution in [0, 0.1) is 3.57 Å². The number of hydrogen-bond donors (Lipinski definition) is 1. The molecule has 4 rings (SSSR count). The van der Waals surface area contributed by atoms with Gasteiger partial charge in [-0.05, 0) is 63.4 Å². The molecule has 2 aromatic carbocycles. The van der Waals surface area contributed by atoms with Gasteiger partial charge in [0.05, 0.1) is 5.71 Å². The molecular weight excluding hydrogens is 489 g/mol. The van der Waals surface area contributed by atoms with Crippen molar-refractivity contribution in [3.8, 4) is 0 Å². The van der Waals surface area contributed by atoms with Crippen molar-refractivity contribution < 1.29 is 9.63 Å². The molecule has 2 aromatic rings. The van der Waals surface area contributed by atoms with E-state index in [0.717, 1.165) is 39.8 Å². The Balaban J connectivity index is 1.33. The van der Waals surface area contributed by atoms with Gasteiger partial charge < -0.3 is 15.1 Å². The number of nitrogens with one attached hydrogen (secondary N) is 1. The highest BCUT2D eigenvalue weighted by molar-refractivity contribution is 14.1. The summed E-state index contributed by atoms with van der Waals surface area (Å²) in [5, 5.41) is 7.40. The van der Waals surface area contributed by atoms with Crippen LogP contribution in [0.3, 0.4) is 0 Å². The Hall–Kier alpha value is -2.09. The van der Waals surface area contributed by atoms with E-state index in [1.165, 1.54) is 5.56 Å². The minimum absolute atomic E-state index is 0.0528. The van der Waals surface area contributed by atoms with Crippen molar-refractivity contribution in [3.63, 3.8) is 0 Å². The normalized spacial score (nSPS) is 18.1. The predicted octanol–water partition coefficient (Wildman–Crippen LogP) is 5.78. The van der Waals surface area contributed by atoms with Gasteiger partial charge in [-0.3, -0.25) is 0 Å². The van der Waals surface area contributed by atoms with Gasteiger partial charge in [0.25, 0.3) is 0 Å². The first-order valence-corrected chi connectivity index (χ1v) is 11.5. The number of likely N-dealkylation sites (tertiary alicyclic amines) is 1. The molecule has 0 radical (unpaired) electrons. The number of carbonyl (C=O) groups excluding carboxylic acids is 1. The van der Waals surface area contributed by atoms with Crippen molar-refractivity contribution in [2.45, 2.75) is 51.0 Å². The Bertz CT molecular complexity index is 938. The van der Waals surface area contributed by atoms with Gasteiger partial charge >= 0.3 is 6.03 Å². The first-order chi connectivity index (χ1) is 14.2. The number of nitrogens with zero attached hydrogens (tertiary/aromatic N) is 2. The maximum atomic E-state index is 12.6. The van der Waals surface area contributed by atoms with Crippen LogP contribution < -0.4 is 5.32 Å². The molecular formula is C24H28IN3O2. The molecule has 2 aliphatic heterocycles. The van der Waals surface area contributed by atoms with Crippen LogP contribution in [0.15, 0.2) is 53.7 Å². The summed E-state index contributed by atoms with van der Waals surface area (Å²) in [5.41, 5.74) is 4.12. The average molecular weight is 517 g/mol. The van der Waals surface area contributed by atoms with Crippen molar-refractivity contribution >= 4 is 40.0 Å². The second-order valence-corrected chi connectivity index (χ2v) is 10.5. The van der Waals surface area contributed by atoms with Gasteiger partial charge in [-0.1, -0.05) is 50.2 Å². The van der Waals surface area contributed by atoms with Crippen LogP contribution in [0.4, 0.5) is 10.5 Å². The number of piperidine rings is 1. The topological polar surface area (TPSA) is 53.9 Å². The van der Waals surface area contributed by atoms with Crippen molar-refractivity contribution in [2.75, 3.05) is 18.4 Å². The van der Waals surface area contributed by atoms with E-state index in [1.807, 2.05) is 29.2 Å². The quantitative estimate of drug-likeness (QED) is 0.514. The number of carbonyl (C=O) groups is 1. The molecule has 0 unspecified atom stereocenters. The number of benzene rings is 2. The first-order valence-electron chi connectivity index (χ1n) is 10.4. The minimum Gasteiger partial charge on any atom is -0.388 e. The highest BCUT2D eigenvalue weighted by Gasteiger charge is 2.43. The lowest BCUT2D eigenvalue weighted by Crippen LogP contribution is -2.48. The van der Waals surface area contributed by atoms with Gasteiger partial charge in [0, 0.05) is 41.6 Å². The Morgan fingerprint density at radius 1 is 1.07 bits per heavy atom. The summed E-state index contributed by atoms with van der Waals surface area (Å²) in [7, 11) is 0. The Morgan fingerprint density at radius 3 is 2.30 bits per heavy atom. The van der Waals surface area contributed by atoms with Gasteiger partial charge in [0.1, 0.15) is 5.60 Å². The molecule has 0 atom stereocenters. The fraction of sp³-hybridized carbons (Fsp3) is 0.417. The highest BCUT2D eigenvalue weighted by atomic mass is 127. The smallest absolute Gasteiger partial charge is 0.321 e. The molecule has 2 aliphatic rings. The Kier molecular flexibility index (Phi) is 5.79. The molecule has 1 spiro atoms. The fourth-order valence-corrected chi connectivity index (χ4v) is 4.32. The van der Waals surface area contributed by atoms with E-state index in [0.29, 0.717) is 13.1 Å². The standard InChI is InChI=1S/C24H28IN3O2/c1-23(2,3)18-6-4-17(5-7-18)21-16-24(30-27-21)12-14-28(15-13-24)22(29)26-20-10-8-19(25)9-11-20/h4-11H,12-16H2,1-3H3,(H,26,29). The van der Waals surface area contributed by atoms with Gasteiger partial charge in [-0.15, -0.1) is 0 Å². The Labute approximate surface area is 192 Å². The van der Waals surface area contributed by atoms with Crippen molar-refractivity contribution in [1.29, 1.82) is 0 Å². The molecule has 1 saturated heterocycles. The van der Waals surface area contributed by atoms with E-state index in [4.69, 9.17) is 4.84 Å². The van der Waals surface area contributed by atoms with Crippen LogP contribution in [-0.4, -0.2) is 35.3 Å². The third-order valence-corrected chi connectivity index (χ3v) is 6.70. The molecule has 0 bridgehead atoms. The van der Waals surface area contributed by atoms with Crippen molar-refractivity contribution in [3.05, 3.63) is 63.2 Å². The summed E-state index contributed by atoms with van der Waals surface area (Å²) in [5.74, 6) is 0. The molecule has 158 valence electrons. The molecule has 2 amide bonds. The zero-order valence-electron chi connectivity index (χ0n) is 17.7. The van der Waals surface area contributed by atoms with E-state index < -0.39 is 0 Å². The summed E-state index contributed by atoms with van der Waals surface area (Å²) in [6, 6.07) is 16.4. The molecule has 2 heterocycles. The molecule has 6 heteroatoms. The maximum Gasteiger partial charge on any atom is 0.321 e. The lowest BCUT2D eigenvalue weighted by Gasteiger charge is -2.37. The van der Waals surface area contributed by atoms with Gasteiger partial charge in [0.15, 0.2) is 0 Å². The van der Waals surface area contributed by atoms with Crippen LogP contribution in [0.2, 0.25) is 0 Å². The lowest BCUT2D eigenvalue weighted by atomic mass is 9.84. The Morgan fingerprint density at radius 2 is 1.70 bits per heavy atom. The zero-order chi connectivity index (χ0) is 21.4. The van der Waals surface area contributed by atoms with E-state index in [-0.39, 0.29) is 17.0 Å². The number of anilines is 1. The number of rotatable bonds is 2. The summed E-state index contributed by atoms with van der Waals surface area (Å²) < 4.78 is 1.15. The minimum atomic E-state index is -0.280. The van der Waals surface area contributed by atoms with Crippen LogP contribution in [-0.2, 0) is 10.3 Å². The molecule has 1 N–H and O–H groups in total. The molecule has 5 nitrogen and oxygen atoms in total. The van der Waals surface area contributed by atoms with Gasteiger partial charge in [-0.25, -0.2) is 4.79 Å². The lowest BCUT2D eigenvalue weighted by molar-refractivity contribution is -0.0544. The molecule has 0 aliphatic carbocycles. The largest absolute Gasteiger partial charge is 0.388 e. The summed E-state index contributed by atoms with van der Waals surface area (Å²) in [6.07, 6.45) is 2.38. The number of amides is 2. The number of urea groups is 1. The maximum absolute atomic E-state index is 12.6. The van der Waals surface area contributed by atoms with Gasteiger partial charge in [-0.2, -0.15) is 0 Å². The van der Waals surface area contributed by atoms with Crippen molar-refractivity contribution in [2.24, 2.45) is 5.16 Å². The highest BCUT2D eigenvalue weighted by Crippen LogP contribution is 2.36. The predicted molar refractivity (Wildman–Crippen MR) is 129 cm³/mol. The van der Waals surface area contributed by atoms with Crippen LogP contribution in [0.5, 0.6) is 0 Å². The van der Waals surface area contributed by atoms with E-state index in [1.54, 1.807) is 0 Å². The summed E-state index contributed by atoms with van der Waals surface area (Å²) >= 11 is 2.25. The summed E-state index contributed by atoms with van der Waals surface area (Å²) in [4.78, 5) is 20.4. The third kappa shape index (κ3) is 4.63. The van der Waals surface area contributed by atoms with Gasteiger partial charge in [0.2, 0.25) is 0 Å². The summed E-state index contributed by atoms with van der Waals surface area (Å²) in [6.45, 7) is 7.99. The van der Waals surface area contributed by atoms with E-state index in [2.05, 4.69) is 78.1 Å². The number of hydrogen-bond acceptors (Lipinski definition) is 3. The molecule has 0 aromatic heterocycles. The second-order valence-electron chi connectivity index (χ2n) is 9.24. The SMILES string of the molecule is CC(C)(C)c1ccc(C2=NOC3(CCN(C(=O)Nc4ccc(I)cc4)CC3)C2)cc1. The average Bonchev–Trinajstić information content (AvgIpc) is 3.13. The molecule has 1 fully saturated rings. The van der Waals surface area contributed by atoms with E-state index >= 15 is 0 Å². The first kappa shape index (κ1) is 21.2. The second kappa shape index (κ2) is 8.21. The third-order valence-electron chi connectivity index (χ3n) is 5.98. The monoisotopic (exact) mass is 517 g/mol. The number of halogens is 1. The zero-order valence-corrected chi connectivity index (χ0v) is 19.9. The number of oxime groups is 1.